The molecule has 0 aromatic rings. The second-order valence-electron chi connectivity index (χ2n) is 4.62. The van der Waals surface area contributed by atoms with Crippen molar-refractivity contribution in [1.82, 2.24) is 0 Å². The summed E-state index contributed by atoms with van der Waals surface area (Å²) in [6, 6.07) is 0. The van der Waals surface area contributed by atoms with Crippen molar-refractivity contribution in [3.63, 3.8) is 0 Å². The average Bonchev–Trinajstić information content (AvgIpc) is 1.81. The summed E-state index contributed by atoms with van der Waals surface area (Å²) in [6.07, 6.45) is 1.62. The van der Waals surface area contributed by atoms with Gasteiger partial charge in [0.2, 0.25) is 0 Å². The fraction of sp³-hybridized carbons (Fsp3) is 1.00. The molecule has 66 valence electrons. The largest absolute Gasteiger partial charge is 0.372 e. The highest BCUT2D eigenvalue weighted by atomic mass is 16.5. The first-order valence-electron chi connectivity index (χ1n) is 4.60. The molecule has 0 spiro atoms. The molecule has 1 nitrogen and oxygen atoms in total. The number of hydrogen-bond donors (Lipinski definition) is 0. The molecule has 3 atom stereocenters. The second-order valence-corrected chi connectivity index (χ2v) is 4.62. The van der Waals surface area contributed by atoms with Gasteiger partial charge in [-0.15, -0.1) is 0 Å². The van der Waals surface area contributed by atoms with Gasteiger partial charge in [-0.2, -0.15) is 0 Å². The van der Waals surface area contributed by atoms with E-state index in [1.807, 2.05) is 0 Å². The first-order chi connectivity index (χ1) is 4.92. The molecule has 0 aromatic heterocycles. The summed E-state index contributed by atoms with van der Waals surface area (Å²) in [6.45, 7) is 11.2. The van der Waals surface area contributed by atoms with Crippen LogP contribution in [0.15, 0.2) is 0 Å². The van der Waals surface area contributed by atoms with Crippen molar-refractivity contribution in [3.8, 4) is 0 Å². The molecule has 1 heterocycles. The van der Waals surface area contributed by atoms with Crippen LogP contribution >= 0.6 is 0 Å². The molecule has 1 fully saturated rings. The third kappa shape index (κ3) is 1.96. The molecule has 0 aliphatic carbocycles. The van der Waals surface area contributed by atoms with Gasteiger partial charge >= 0.3 is 0 Å². The number of hydrogen-bond acceptors (Lipinski definition) is 1. The monoisotopic (exact) mass is 156 g/mol. The van der Waals surface area contributed by atoms with Crippen LogP contribution in [0.3, 0.4) is 0 Å². The smallest absolute Gasteiger partial charge is 0.0632 e. The lowest BCUT2D eigenvalue weighted by Gasteiger charge is -2.42. The SMILES string of the molecule is C[C@H]1[C@H](C)OC(C)(C)C[C@@H]1C. The standard InChI is InChI=1S/C10H20O/c1-7-6-10(4,5)11-9(3)8(7)2/h7-9H,6H2,1-5H3/t7-,8+,9-/m0/s1. The summed E-state index contributed by atoms with van der Waals surface area (Å²) in [4.78, 5) is 0. The fourth-order valence-corrected chi connectivity index (χ4v) is 2.08. The van der Waals surface area contributed by atoms with Gasteiger partial charge in [0.25, 0.3) is 0 Å². The van der Waals surface area contributed by atoms with Gasteiger partial charge in [-0.25, -0.2) is 0 Å². The molecule has 0 N–H and O–H groups in total. The van der Waals surface area contributed by atoms with Crippen LogP contribution < -0.4 is 0 Å². The Morgan fingerprint density at radius 1 is 1.18 bits per heavy atom. The molecule has 0 unspecified atom stereocenters. The highest BCUT2D eigenvalue weighted by molar-refractivity contribution is 4.83. The topological polar surface area (TPSA) is 9.23 Å². The van der Waals surface area contributed by atoms with Crippen molar-refractivity contribution in [1.29, 1.82) is 0 Å². The van der Waals surface area contributed by atoms with Crippen molar-refractivity contribution in [2.45, 2.75) is 52.7 Å². The molecule has 0 saturated carbocycles. The average molecular weight is 156 g/mol. The quantitative estimate of drug-likeness (QED) is 0.524. The van der Waals surface area contributed by atoms with Crippen LogP contribution in [0, 0.1) is 11.8 Å². The lowest BCUT2D eigenvalue weighted by molar-refractivity contribution is -0.142. The maximum absolute atomic E-state index is 5.86. The maximum Gasteiger partial charge on any atom is 0.0632 e. The van der Waals surface area contributed by atoms with Crippen molar-refractivity contribution >= 4 is 0 Å². The van der Waals surface area contributed by atoms with Gasteiger partial charge in [0.15, 0.2) is 0 Å². The molecule has 1 heteroatoms. The summed E-state index contributed by atoms with van der Waals surface area (Å²) in [5.41, 5.74) is 0.103. The molecular formula is C10H20O. The Morgan fingerprint density at radius 2 is 1.73 bits per heavy atom. The van der Waals surface area contributed by atoms with E-state index >= 15 is 0 Å². The minimum absolute atomic E-state index is 0.103. The normalized spacial score (nSPS) is 43.9. The molecule has 0 bridgehead atoms. The zero-order chi connectivity index (χ0) is 8.65. The predicted octanol–water partition coefficient (Wildman–Crippen LogP) is 2.85. The van der Waals surface area contributed by atoms with E-state index in [4.69, 9.17) is 4.74 Å². The Morgan fingerprint density at radius 3 is 2.18 bits per heavy atom. The van der Waals surface area contributed by atoms with Gasteiger partial charge in [-0.05, 0) is 39.0 Å². The van der Waals surface area contributed by atoms with E-state index in [9.17, 15) is 0 Å². The van der Waals surface area contributed by atoms with E-state index in [0.29, 0.717) is 12.0 Å². The van der Waals surface area contributed by atoms with Crippen LogP contribution in [0.5, 0.6) is 0 Å². The van der Waals surface area contributed by atoms with Gasteiger partial charge in [0.05, 0.1) is 11.7 Å². The number of ether oxygens (including phenoxy) is 1. The molecular weight excluding hydrogens is 136 g/mol. The zero-order valence-corrected chi connectivity index (χ0v) is 8.35. The summed E-state index contributed by atoms with van der Waals surface area (Å²) >= 11 is 0. The van der Waals surface area contributed by atoms with Crippen LogP contribution in [-0.2, 0) is 4.74 Å². The minimum Gasteiger partial charge on any atom is -0.372 e. The third-order valence-corrected chi connectivity index (χ3v) is 2.96. The van der Waals surface area contributed by atoms with Gasteiger partial charge < -0.3 is 4.74 Å². The van der Waals surface area contributed by atoms with Crippen molar-refractivity contribution < 1.29 is 4.74 Å². The molecule has 1 aliphatic heterocycles. The molecule has 0 radical (unpaired) electrons. The maximum atomic E-state index is 5.86. The Bertz CT molecular complexity index is 126. The van der Waals surface area contributed by atoms with Crippen molar-refractivity contribution in [2.24, 2.45) is 11.8 Å². The van der Waals surface area contributed by atoms with E-state index in [1.165, 1.54) is 6.42 Å². The van der Waals surface area contributed by atoms with Crippen LogP contribution in [0.25, 0.3) is 0 Å². The van der Waals surface area contributed by atoms with Crippen molar-refractivity contribution in [2.75, 3.05) is 0 Å². The molecule has 1 aliphatic rings. The van der Waals surface area contributed by atoms with Gasteiger partial charge in [-0.1, -0.05) is 13.8 Å². The van der Waals surface area contributed by atoms with E-state index in [-0.39, 0.29) is 5.60 Å². The lowest BCUT2D eigenvalue weighted by Crippen LogP contribution is -2.42. The summed E-state index contributed by atoms with van der Waals surface area (Å²) < 4.78 is 5.86. The lowest BCUT2D eigenvalue weighted by atomic mass is 9.80. The zero-order valence-electron chi connectivity index (χ0n) is 8.35. The van der Waals surface area contributed by atoms with E-state index in [1.54, 1.807) is 0 Å². The van der Waals surface area contributed by atoms with Crippen LogP contribution in [0.4, 0.5) is 0 Å². The first kappa shape index (κ1) is 9.05. The number of rotatable bonds is 0. The Balaban J connectivity index is 2.62. The van der Waals surface area contributed by atoms with Gasteiger partial charge in [0.1, 0.15) is 0 Å². The molecule has 0 amide bonds. The fourth-order valence-electron chi connectivity index (χ4n) is 2.08. The highest BCUT2D eigenvalue weighted by Gasteiger charge is 2.35. The third-order valence-electron chi connectivity index (χ3n) is 2.96. The van der Waals surface area contributed by atoms with E-state index in [2.05, 4.69) is 34.6 Å². The van der Waals surface area contributed by atoms with Crippen molar-refractivity contribution in [3.05, 3.63) is 0 Å². The van der Waals surface area contributed by atoms with Gasteiger partial charge in [-0.3, -0.25) is 0 Å². The van der Waals surface area contributed by atoms with Crippen LogP contribution in [0.2, 0.25) is 0 Å². The highest BCUT2D eigenvalue weighted by Crippen LogP contribution is 2.35. The molecule has 0 aromatic carbocycles. The predicted molar refractivity (Wildman–Crippen MR) is 47.6 cm³/mol. The summed E-state index contributed by atoms with van der Waals surface area (Å²) in [7, 11) is 0. The Kier molecular flexibility index (Phi) is 2.29. The Labute approximate surface area is 70.1 Å². The second kappa shape index (κ2) is 2.78. The minimum atomic E-state index is 0.103. The summed E-state index contributed by atoms with van der Waals surface area (Å²) in [5.74, 6) is 1.51. The summed E-state index contributed by atoms with van der Waals surface area (Å²) in [5, 5.41) is 0. The molecule has 1 rings (SSSR count). The molecule has 11 heavy (non-hydrogen) atoms. The van der Waals surface area contributed by atoms with E-state index < -0.39 is 0 Å². The van der Waals surface area contributed by atoms with E-state index in [0.717, 1.165) is 5.92 Å². The van der Waals surface area contributed by atoms with Crippen LogP contribution in [0.1, 0.15) is 41.0 Å². The Hall–Kier alpha value is -0.0400. The van der Waals surface area contributed by atoms with Gasteiger partial charge in [0, 0.05) is 0 Å². The van der Waals surface area contributed by atoms with Crippen LogP contribution in [-0.4, -0.2) is 11.7 Å². The molecule has 1 saturated heterocycles. The first-order valence-corrected chi connectivity index (χ1v) is 4.60.